The molecule has 1 N–H and O–H groups in total. The fourth-order valence-corrected chi connectivity index (χ4v) is 4.65. The topological polar surface area (TPSA) is 52.7 Å². The number of hydrogen-bond acceptors (Lipinski definition) is 3. The third-order valence-electron chi connectivity index (χ3n) is 6.51. The van der Waals surface area contributed by atoms with E-state index in [2.05, 4.69) is 17.1 Å². The van der Waals surface area contributed by atoms with Gasteiger partial charge in [-0.25, -0.2) is 0 Å². The van der Waals surface area contributed by atoms with E-state index in [4.69, 9.17) is 0 Å². The van der Waals surface area contributed by atoms with Crippen molar-refractivity contribution in [1.29, 1.82) is 0 Å². The molecule has 0 radical (unpaired) electrons. The molecule has 3 fully saturated rings. The fraction of sp³-hybridized carbons (Fsp3) is 0.900. The first-order valence-corrected chi connectivity index (χ1v) is 10.4. The minimum Gasteiger partial charge on any atom is -0.352 e. The smallest absolute Gasteiger partial charge is 0.237 e. The van der Waals surface area contributed by atoms with Gasteiger partial charge in [0, 0.05) is 25.7 Å². The molecule has 0 spiro atoms. The Kier molecular flexibility index (Phi) is 6.37. The number of carbonyl (C=O) groups excluding carboxylic acids is 2. The van der Waals surface area contributed by atoms with Crippen molar-refractivity contribution in [3.63, 3.8) is 0 Å². The van der Waals surface area contributed by atoms with Crippen molar-refractivity contribution in [2.75, 3.05) is 26.2 Å². The van der Waals surface area contributed by atoms with E-state index in [0.29, 0.717) is 11.9 Å². The van der Waals surface area contributed by atoms with Gasteiger partial charge in [-0.05, 0) is 70.8 Å². The zero-order chi connectivity index (χ0) is 17.8. The van der Waals surface area contributed by atoms with Crippen molar-refractivity contribution in [2.24, 2.45) is 11.8 Å². The van der Waals surface area contributed by atoms with Crippen LogP contribution in [0.3, 0.4) is 0 Å². The first-order chi connectivity index (χ1) is 12.0. The lowest BCUT2D eigenvalue weighted by molar-refractivity contribution is -0.138. The molecule has 2 heterocycles. The van der Waals surface area contributed by atoms with Crippen LogP contribution in [0.2, 0.25) is 0 Å². The van der Waals surface area contributed by atoms with Crippen molar-refractivity contribution in [3.8, 4) is 0 Å². The van der Waals surface area contributed by atoms with Crippen LogP contribution in [0, 0.1) is 11.8 Å². The number of amides is 2. The molecule has 25 heavy (non-hydrogen) atoms. The average molecular weight is 350 g/mol. The zero-order valence-corrected chi connectivity index (χ0v) is 16.0. The van der Waals surface area contributed by atoms with E-state index in [1.807, 2.05) is 11.8 Å². The summed E-state index contributed by atoms with van der Waals surface area (Å²) in [5.74, 6) is 1.34. The van der Waals surface area contributed by atoms with Crippen molar-refractivity contribution in [1.82, 2.24) is 15.1 Å². The quantitative estimate of drug-likeness (QED) is 0.848. The Morgan fingerprint density at radius 2 is 1.64 bits per heavy atom. The molecule has 0 aromatic carbocycles. The molecular formula is C20H35N3O2. The van der Waals surface area contributed by atoms with E-state index in [9.17, 15) is 9.59 Å². The second kappa shape index (κ2) is 8.52. The van der Waals surface area contributed by atoms with Gasteiger partial charge in [-0.1, -0.05) is 6.92 Å². The van der Waals surface area contributed by atoms with Crippen LogP contribution in [-0.2, 0) is 9.59 Å². The number of piperidine rings is 1. The van der Waals surface area contributed by atoms with Crippen LogP contribution in [0.25, 0.3) is 0 Å². The third kappa shape index (κ3) is 4.75. The van der Waals surface area contributed by atoms with Gasteiger partial charge in [0.05, 0.1) is 12.0 Å². The zero-order valence-electron chi connectivity index (χ0n) is 16.0. The number of rotatable bonds is 4. The normalized spacial score (nSPS) is 32.4. The lowest BCUT2D eigenvalue weighted by Crippen LogP contribution is -2.53. The van der Waals surface area contributed by atoms with Crippen LogP contribution in [0.1, 0.15) is 65.2 Å². The lowest BCUT2D eigenvalue weighted by atomic mass is 9.87. The predicted molar refractivity (Wildman–Crippen MR) is 99.1 cm³/mol. The molecule has 3 aliphatic rings. The number of nitrogens with zero attached hydrogens (tertiary/aromatic N) is 2. The second-order valence-electron chi connectivity index (χ2n) is 8.51. The molecule has 0 aromatic heterocycles. The summed E-state index contributed by atoms with van der Waals surface area (Å²) in [4.78, 5) is 29.6. The Bertz CT molecular complexity index is 468. The monoisotopic (exact) mass is 349 g/mol. The maximum atomic E-state index is 12.7. The summed E-state index contributed by atoms with van der Waals surface area (Å²) in [6.07, 6.45) is 8.92. The Hall–Kier alpha value is -1.10. The van der Waals surface area contributed by atoms with Crippen molar-refractivity contribution >= 4 is 11.8 Å². The second-order valence-corrected chi connectivity index (χ2v) is 8.51. The summed E-state index contributed by atoms with van der Waals surface area (Å²) in [6, 6.07) is 0.214. The Morgan fingerprint density at radius 1 is 0.960 bits per heavy atom. The van der Waals surface area contributed by atoms with Gasteiger partial charge in [-0.15, -0.1) is 0 Å². The molecule has 1 aliphatic carbocycles. The molecule has 3 rings (SSSR count). The highest BCUT2D eigenvalue weighted by atomic mass is 16.2. The number of carbonyl (C=O) groups is 2. The molecule has 0 aromatic rings. The van der Waals surface area contributed by atoms with Gasteiger partial charge in [0.15, 0.2) is 0 Å². The number of hydrogen-bond donors (Lipinski definition) is 1. The lowest BCUT2D eigenvalue weighted by Gasteiger charge is -2.37. The van der Waals surface area contributed by atoms with Crippen molar-refractivity contribution in [3.05, 3.63) is 0 Å². The van der Waals surface area contributed by atoms with E-state index in [-0.39, 0.29) is 17.9 Å². The van der Waals surface area contributed by atoms with E-state index in [1.54, 1.807) is 0 Å². The van der Waals surface area contributed by atoms with Crippen molar-refractivity contribution < 1.29 is 9.59 Å². The van der Waals surface area contributed by atoms with Gasteiger partial charge >= 0.3 is 0 Å². The molecular weight excluding hydrogens is 314 g/mol. The van der Waals surface area contributed by atoms with Gasteiger partial charge < -0.3 is 10.2 Å². The Balaban J connectivity index is 1.49. The summed E-state index contributed by atoms with van der Waals surface area (Å²) in [5.41, 5.74) is 0. The van der Waals surface area contributed by atoms with Gasteiger partial charge in [-0.2, -0.15) is 0 Å². The fourth-order valence-electron chi connectivity index (χ4n) is 4.65. The van der Waals surface area contributed by atoms with E-state index < -0.39 is 0 Å². The average Bonchev–Trinajstić information content (AvgIpc) is 3.17. The third-order valence-corrected chi connectivity index (χ3v) is 6.51. The molecule has 5 heteroatoms. The van der Waals surface area contributed by atoms with Crippen LogP contribution in [0.15, 0.2) is 0 Å². The van der Waals surface area contributed by atoms with Gasteiger partial charge in [-0.3, -0.25) is 14.5 Å². The largest absolute Gasteiger partial charge is 0.352 e. The molecule has 0 bridgehead atoms. The summed E-state index contributed by atoms with van der Waals surface area (Å²) in [7, 11) is 0. The number of nitrogens with one attached hydrogen (secondary N) is 1. The van der Waals surface area contributed by atoms with Crippen LogP contribution < -0.4 is 5.32 Å². The summed E-state index contributed by atoms with van der Waals surface area (Å²) in [6.45, 7) is 7.82. The van der Waals surface area contributed by atoms with Crippen molar-refractivity contribution in [2.45, 2.75) is 77.3 Å². The van der Waals surface area contributed by atoms with Gasteiger partial charge in [0.2, 0.25) is 11.8 Å². The van der Waals surface area contributed by atoms with E-state index >= 15 is 0 Å². The Morgan fingerprint density at radius 3 is 2.32 bits per heavy atom. The number of likely N-dealkylation sites (tertiary alicyclic amines) is 2. The molecule has 2 aliphatic heterocycles. The minimum atomic E-state index is -0.131. The molecule has 5 nitrogen and oxygen atoms in total. The maximum absolute atomic E-state index is 12.7. The van der Waals surface area contributed by atoms with Crippen LogP contribution in [0.5, 0.6) is 0 Å². The maximum Gasteiger partial charge on any atom is 0.237 e. The predicted octanol–water partition coefficient (Wildman–Crippen LogP) is 2.40. The molecule has 2 saturated heterocycles. The van der Waals surface area contributed by atoms with Gasteiger partial charge in [0.1, 0.15) is 0 Å². The van der Waals surface area contributed by atoms with Crippen LogP contribution in [0.4, 0.5) is 0 Å². The summed E-state index contributed by atoms with van der Waals surface area (Å²) >= 11 is 0. The highest BCUT2D eigenvalue weighted by molar-refractivity contribution is 5.82. The van der Waals surface area contributed by atoms with Crippen LogP contribution in [-0.4, -0.2) is 59.9 Å². The van der Waals surface area contributed by atoms with Gasteiger partial charge in [0.25, 0.3) is 0 Å². The minimum absolute atomic E-state index is 0.0811. The van der Waals surface area contributed by atoms with E-state index in [0.717, 1.165) is 70.6 Å². The Labute approximate surface area is 152 Å². The first kappa shape index (κ1) is 18.7. The first-order valence-electron chi connectivity index (χ1n) is 10.4. The SMILES string of the molecule is CC1CCC(NC(=O)C(C)N2CCCC(C(=O)N3CCCC3)C2)CC1. The molecule has 2 amide bonds. The summed E-state index contributed by atoms with van der Waals surface area (Å²) < 4.78 is 0. The molecule has 142 valence electrons. The van der Waals surface area contributed by atoms with Crippen LogP contribution >= 0.6 is 0 Å². The van der Waals surface area contributed by atoms with E-state index in [1.165, 1.54) is 12.8 Å². The highest BCUT2D eigenvalue weighted by Crippen LogP contribution is 2.25. The summed E-state index contributed by atoms with van der Waals surface area (Å²) in [5, 5.41) is 3.26. The standard InChI is InChI=1S/C20H35N3O2/c1-15-7-9-18(10-8-15)21-19(24)16(2)23-13-5-6-17(14-23)20(25)22-11-3-4-12-22/h15-18H,3-14H2,1-2H3,(H,21,24). The molecule has 1 saturated carbocycles. The molecule has 2 atom stereocenters. The highest BCUT2D eigenvalue weighted by Gasteiger charge is 2.34. The molecule has 2 unspecified atom stereocenters.